The van der Waals surface area contributed by atoms with Crippen LogP contribution in [-0.2, 0) is 0 Å². The molecule has 0 unspecified atom stereocenters. The van der Waals surface area contributed by atoms with Crippen LogP contribution in [0.25, 0.3) is 0 Å². The lowest BCUT2D eigenvalue weighted by Gasteiger charge is -2.30. The third-order valence-electron chi connectivity index (χ3n) is 3.55. The van der Waals surface area contributed by atoms with Crippen molar-refractivity contribution in [2.75, 3.05) is 19.6 Å². The molecule has 0 radical (unpaired) electrons. The Labute approximate surface area is 101 Å². The molecule has 0 amide bonds. The van der Waals surface area contributed by atoms with Crippen molar-refractivity contribution in [1.29, 1.82) is 0 Å². The Morgan fingerprint density at radius 3 is 2.50 bits per heavy atom. The number of hydrogen-bond acceptors (Lipinski definition) is 2. The van der Waals surface area contributed by atoms with Gasteiger partial charge < -0.3 is 5.73 Å². The minimum Gasteiger partial charge on any atom is -0.327 e. The molecule has 0 aromatic carbocycles. The lowest BCUT2D eigenvalue weighted by atomic mass is 10.1. The normalized spacial score (nSPS) is 17.6. The first-order chi connectivity index (χ1) is 7.63. The maximum Gasteiger partial charge on any atom is 0.0205 e. The SMILES string of the molecule is C=C(CN)CN(CCC(C)C)C1CCCC1. The summed E-state index contributed by atoms with van der Waals surface area (Å²) in [5, 5.41) is 0. The Hall–Kier alpha value is -0.340. The van der Waals surface area contributed by atoms with Gasteiger partial charge in [-0.15, -0.1) is 0 Å². The van der Waals surface area contributed by atoms with Crippen molar-refractivity contribution in [3.8, 4) is 0 Å². The number of rotatable bonds is 7. The summed E-state index contributed by atoms with van der Waals surface area (Å²) in [5.74, 6) is 0.787. The van der Waals surface area contributed by atoms with Crippen molar-refractivity contribution in [3.63, 3.8) is 0 Å². The van der Waals surface area contributed by atoms with E-state index >= 15 is 0 Å². The minimum absolute atomic E-state index is 0.630. The second-order valence-electron chi connectivity index (χ2n) is 5.55. The van der Waals surface area contributed by atoms with Crippen molar-refractivity contribution in [2.24, 2.45) is 11.7 Å². The molecule has 0 aromatic rings. The van der Waals surface area contributed by atoms with Gasteiger partial charge in [-0.1, -0.05) is 33.3 Å². The first kappa shape index (κ1) is 13.7. The van der Waals surface area contributed by atoms with E-state index in [1.165, 1.54) is 44.2 Å². The molecule has 0 aromatic heterocycles. The fraction of sp³-hybridized carbons (Fsp3) is 0.857. The third kappa shape index (κ3) is 4.67. The predicted octanol–water partition coefficient (Wildman–Crippen LogP) is 2.79. The summed E-state index contributed by atoms with van der Waals surface area (Å²) in [7, 11) is 0. The monoisotopic (exact) mass is 224 g/mol. The molecule has 1 aliphatic carbocycles. The quantitative estimate of drug-likeness (QED) is 0.674. The Balaban J connectivity index is 2.43. The smallest absolute Gasteiger partial charge is 0.0205 e. The Kier molecular flexibility index (Phi) is 6.07. The van der Waals surface area contributed by atoms with Crippen molar-refractivity contribution in [3.05, 3.63) is 12.2 Å². The van der Waals surface area contributed by atoms with Gasteiger partial charge in [0.1, 0.15) is 0 Å². The number of hydrogen-bond donors (Lipinski definition) is 1. The molecule has 16 heavy (non-hydrogen) atoms. The van der Waals surface area contributed by atoms with E-state index in [1.807, 2.05) is 0 Å². The molecule has 1 aliphatic rings. The van der Waals surface area contributed by atoms with Gasteiger partial charge in [-0.2, -0.15) is 0 Å². The molecule has 1 saturated carbocycles. The van der Waals surface area contributed by atoms with Gasteiger partial charge in [0.15, 0.2) is 0 Å². The molecule has 0 aliphatic heterocycles. The maximum absolute atomic E-state index is 5.65. The van der Waals surface area contributed by atoms with Crippen LogP contribution in [0, 0.1) is 5.92 Å². The van der Waals surface area contributed by atoms with Crippen LogP contribution in [0.2, 0.25) is 0 Å². The Bertz CT molecular complexity index is 205. The Morgan fingerprint density at radius 2 is 2.00 bits per heavy atom. The van der Waals surface area contributed by atoms with Crippen LogP contribution in [-0.4, -0.2) is 30.6 Å². The topological polar surface area (TPSA) is 29.3 Å². The molecule has 0 bridgehead atoms. The van der Waals surface area contributed by atoms with E-state index in [-0.39, 0.29) is 0 Å². The van der Waals surface area contributed by atoms with Gasteiger partial charge in [0, 0.05) is 19.1 Å². The lowest BCUT2D eigenvalue weighted by Crippen LogP contribution is -2.37. The summed E-state index contributed by atoms with van der Waals surface area (Å²) in [6.45, 7) is 11.5. The average molecular weight is 224 g/mol. The molecule has 2 heteroatoms. The van der Waals surface area contributed by atoms with E-state index in [2.05, 4.69) is 25.3 Å². The van der Waals surface area contributed by atoms with Crippen LogP contribution in [0.3, 0.4) is 0 Å². The van der Waals surface area contributed by atoms with E-state index in [1.54, 1.807) is 0 Å². The van der Waals surface area contributed by atoms with Gasteiger partial charge in [-0.05, 0) is 37.3 Å². The zero-order chi connectivity index (χ0) is 12.0. The second-order valence-corrected chi connectivity index (χ2v) is 5.55. The predicted molar refractivity (Wildman–Crippen MR) is 71.5 cm³/mol. The first-order valence-electron chi connectivity index (χ1n) is 6.74. The van der Waals surface area contributed by atoms with E-state index in [0.717, 1.165) is 18.5 Å². The standard InChI is InChI=1S/C14H28N2/c1-12(2)8-9-16(11-13(3)10-15)14-6-4-5-7-14/h12,14H,3-11,15H2,1-2H3. The first-order valence-corrected chi connectivity index (χ1v) is 6.74. The largest absolute Gasteiger partial charge is 0.327 e. The molecule has 0 saturated heterocycles. The lowest BCUT2D eigenvalue weighted by molar-refractivity contribution is 0.203. The van der Waals surface area contributed by atoms with E-state index in [4.69, 9.17) is 5.73 Å². The van der Waals surface area contributed by atoms with Crippen molar-refractivity contribution in [1.82, 2.24) is 4.90 Å². The highest BCUT2D eigenvalue weighted by Gasteiger charge is 2.22. The van der Waals surface area contributed by atoms with Gasteiger partial charge in [-0.25, -0.2) is 0 Å². The Morgan fingerprint density at radius 1 is 1.38 bits per heavy atom. The van der Waals surface area contributed by atoms with Crippen LogP contribution in [0.1, 0.15) is 46.0 Å². The average Bonchev–Trinajstić information content (AvgIpc) is 2.76. The third-order valence-corrected chi connectivity index (χ3v) is 3.55. The molecule has 1 rings (SSSR count). The van der Waals surface area contributed by atoms with Crippen LogP contribution in [0.5, 0.6) is 0 Å². The van der Waals surface area contributed by atoms with E-state index < -0.39 is 0 Å². The highest BCUT2D eigenvalue weighted by atomic mass is 15.2. The minimum atomic E-state index is 0.630. The fourth-order valence-electron chi connectivity index (χ4n) is 2.44. The molecular formula is C14H28N2. The maximum atomic E-state index is 5.65. The van der Waals surface area contributed by atoms with Crippen LogP contribution >= 0.6 is 0 Å². The fourth-order valence-corrected chi connectivity index (χ4v) is 2.44. The summed E-state index contributed by atoms with van der Waals surface area (Å²) in [4.78, 5) is 2.61. The zero-order valence-corrected chi connectivity index (χ0v) is 11.0. The van der Waals surface area contributed by atoms with E-state index in [9.17, 15) is 0 Å². The highest BCUT2D eigenvalue weighted by molar-refractivity contribution is 5.00. The summed E-state index contributed by atoms with van der Waals surface area (Å²) >= 11 is 0. The van der Waals surface area contributed by atoms with Gasteiger partial charge in [-0.3, -0.25) is 4.90 Å². The summed E-state index contributed by atoms with van der Waals surface area (Å²) in [5.41, 5.74) is 6.83. The molecule has 2 nitrogen and oxygen atoms in total. The van der Waals surface area contributed by atoms with Gasteiger partial charge >= 0.3 is 0 Å². The highest BCUT2D eigenvalue weighted by Crippen LogP contribution is 2.24. The summed E-state index contributed by atoms with van der Waals surface area (Å²) in [6.07, 6.45) is 6.83. The molecule has 2 N–H and O–H groups in total. The van der Waals surface area contributed by atoms with Crippen molar-refractivity contribution < 1.29 is 0 Å². The molecule has 0 spiro atoms. The molecular weight excluding hydrogens is 196 g/mol. The molecule has 0 atom stereocenters. The van der Waals surface area contributed by atoms with Crippen LogP contribution in [0.15, 0.2) is 12.2 Å². The second kappa shape index (κ2) is 7.08. The van der Waals surface area contributed by atoms with Crippen LogP contribution < -0.4 is 5.73 Å². The number of nitrogens with two attached hydrogens (primary N) is 1. The van der Waals surface area contributed by atoms with E-state index in [0.29, 0.717) is 6.54 Å². The van der Waals surface area contributed by atoms with Crippen molar-refractivity contribution in [2.45, 2.75) is 52.0 Å². The summed E-state index contributed by atoms with van der Waals surface area (Å²) < 4.78 is 0. The van der Waals surface area contributed by atoms with Gasteiger partial charge in [0.05, 0.1) is 0 Å². The molecule has 94 valence electrons. The van der Waals surface area contributed by atoms with Crippen molar-refractivity contribution >= 4 is 0 Å². The molecule has 1 fully saturated rings. The van der Waals surface area contributed by atoms with Gasteiger partial charge in [0.2, 0.25) is 0 Å². The zero-order valence-electron chi connectivity index (χ0n) is 11.0. The van der Waals surface area contributed by atoms with Gasteiger partial charge in [0.25, 0.3) is 0 Å². The molecule has 0 heterocycles. The summed E-state index contributed by atoms with van der Waals surface area (Å²) in [6, 6.07) is 0.794. The number of nitrogens with zero attached hydrogens (tertiary/aromatic N) is 1. The van der Waals surface area contributed by atoms with Crippen LogP contribution in [0.4, 0.5) is 0 Å².